The lowest BCUT2D eigenvalue weighted by Crippen LogP contribution is -2.55. The van der Waals surface area contributed by atoms with Crippen LogP contribution in [-0.2, 0) is 16.2 Å². The van der Waals surface area contributed by atoms with Crippen LogP contribution in [-0.4, -0.2) is 11.3 Å². The number of hydrogen-bond acceptors (Lipinski definition) is 2. The highest BCUT2D eigenvalue weighted by molar-refractivity contribution is 7.32. The number of nitrogens with zero attached hydrogens (tertiary/aromatic N) is 2. The molecule has 2 aromatic heterocycles. The molecule has 4 aliphatic carbocycles. The minimum Gasteiger partial charge on any atom is -0.375 e. The topological polar surface area (TPSA) is 8.17 Å². The van der Waals surface area contributed by atoms with Crippen LogP contribution in [0.5, 0.6) is 0 Å². The fraction of sp³-hybridized carbons (Fsp3) is 0.314. The van der Waals surface area contributed by atoms with Crippen molar-refractivity contribution in [2.24, 2.45) is 11.8 Å². The van der Waals surface area contributed by atoms with Gasteiger partial charge in [0.15, 0.2) is 0 Å². The van der Waals surface area contributed by atoms with E-state index in [1.807, 2.05) is 11.3 Å². The molecule has 2 nitrogen and oxygen atoms in total. The van der Waals surface area contributed by atoms with Gasteiger partial charge in [-0.15, -0.1) is 11.3 Å². The molecule has 0 atom stereocenters. The van der Waals surface area contributed by atoms with Gasteiger partial charge in [0.2, 0.25) is 0 Å². The third-order valence-corrected chi connectivity index (χ3v) is 21.3. The van der Waals surface area contributed by atoms with Gasteiger partial charge in [-0.1, -0.05) is 169 Å². The van der Waals surface area contributed by atoms with E-state index in [9.17, 15) is 0 Å². The molecular formula is C70H65BN2S. The van der Waals surface area contributed by atoms with E-state index < -0.39 is 0 Å². The van der Waals surface area contributed by atoms with Crippen molar-refractivity contribution in [3.8, 4) is 33.4 Å². The lowest BCUT2D eigenvalue weighted by Gasteiger charge is -2.46. The number of thiophene rings is 1. The summed E-state index contributed by atoms with van der Waals surface area (Å²) >= 11 is 2.04. The maximum absolute atomic E-state index is 2.89. The molecule has 4 bridgehead atoms. The summed E-state index contributed by atoms with van der Waals surface area (Å²) in [5.74, 6) is 1.73. The summed E-state index contributed by atoms with van der Waals surface area (Å²) in [5.41, 5.74) is 21.2. The van der Waals surface area contributed by atoms with Crippen LogP contribution in [0.2, 0.25) is 0 Å². The van der Waals surface area contributed by atoms with Gasteiger partial charge in [-0.2, -0.15) is 0 Å². The molecule has 0 spiro atoms. The highest BCUT2D eigenvalue weighted by atomic mass is 32.1. The lowest BCUT2D eigenvalue weighted by atomic mass is 9.48. The number of benzene rings is 8. The Bertz CT molecular complexity index is 3920. The molecule has 4 heteroatoms. The largest absolute Gasteiger partial charge is 0.375 e. The first-order valence-corrected chi connectivity index (χ1v) is 29.3. The Morgan fingerprint density at radius 3 is 1.84 bits per heavy atom. The Balaban J connectivity index is 1.06. The minimum atomic E-state index is -0.0196. The fourth-order valence-corrected chi connectivity index (χ4v) is 17.9. The van der Waals surface area contributed by atoms with E-state index in [4.69, 9.17) is 0 Å². The van der Waals surface area contributed by atoms with Crippen LogP contribution in [0.25, 0.3) is 76.0 Å². The molecule has 4 fully saturated rings. The number of rotatable bonds is 5. The molecule has 16 rings (SSSR count). The standard InChI is InChI=1S/C70H65BN2S/c1-68(2,3)51-26-28-60(54(38-51)47-22-8-5-9-23-47)72-62-36-50(46-20-6-4-7-21-46)35-56-58-41-53(70-32-14-18-45(43-70)19-15-33-70)40-57-55-39-52(69-30-12-16-44(42-69)17-13-31-69)27-29-61(55)73(65(57)58)71(64(56)62)67-66(72)59-34-48-24-10-11-25-49(48)37-63(59)74-67/h4-11,20-29,34-41,44-45H,12-19,30-33,42-43H2,1-3H3. The molecule has 364 valence electrons. The fourth-order valence-electron chi connectivity index (χ4n) is 16.6. The summed E-state index contributed by atoms with van der Waals surface area (Å²) in [6, 6.07) is 62.8. The van der Waals surface area contributed by atoms with E-state index in [-0.39, 0.29) is 17.7 Å². The van der Waals surface area contributed by atoms with Gasteiger partial charge in [0.1, 0.15) is 0 Å². The normalized spacial score (nSPS) is 22.9. The second kappa shape index (κ2) is 16.1. The van der Waals surface area contributed by atoms with Crippen molar-refractivity contribution >= 4 is 88.2 Å². The monoisotopic (exact) mass is 976 g/mol. The number of anilines is 3. The van der Waals surface area contributed by atoms with Crippen molar-refractivity contribution in [3.63, 3.8) is 0 Å². The van der Waals surface area contributed by atoms with Crippen LogP contribution in [0, 0.1) is 11.8 Å². The average Bonchev–Trinajstić information content (AvgIpc) is 4.11. The molecule has 74 heavy (non-hydrogen) atoms. The number of fused-ring (bicyclic) bond motifs is 14. The maximum atomic E-state index is 2.89. The third-order valence-electron chi connectivity index (χ3n) is 20.1. The maximum Gasteiger partial charge on any atom is 0.343 e. The zero-order valence-corrected chi connectivity index (χ0v) is 44.3. The third kappa shape index (κ3) is 6.42. The zero-order valence-electron chi connectivity index (χ0n) is 43.4. The molecule has 0 saturated heterocycles. The van der Waals surface area contributed by atoms with Crippen LogP contribution >= 0.6 is 11.3 Å². The van der Waals surface area contributed by atoms with Gasteiger partial charge >= 0.3 is 6.85 Å². The summed E-state index contributed by atoms with van der Waals surface area (Å²) in [6.45, 7) is 7.06. The minimum absolute atomic E-state index is 0.00591. The van der Waals surface area contributed by atoms with Crippen molar-refractivity contribution in [1.29, 1.82) is 0 Å². The lowest BCUT2D eigenvalue weighted by molar-refractivity contribution is 0.149. The molecular weight excluding hydrogens is 912 g/mol. The summed E-state index contributed by atoms with van der Waals surface area (Å²) < 4.78 is 5.68. The van der Waals surface area contributed by atoms with Crippen LogP contribution in [0.15, 0.2) is 158 Å². The SMILES string of the molecule is CC(C)(C)c1ccc(N2c3cc(-c4ccccc4)cc4c3B(c3sc5cc6ccccc6cc5c32)n2c3ccc(C56CCCC(CCC5)C6)cc3c3cc(C56CCCC(CCC5)C6)cc-4c32)c(-c2ccccc2)c1. The quantitative estimate of drug-likeness (QED) is 0.156. The van der Waals surface area contributed by atoms with Gasteiger partial charge in [0.25, 0.3) is 0 Å². The van der Waals surface area contributed by atoms with Gasteiger partial charge in [0, 0.05) is 53.5 Å². The first kappa shape index (κ1) is 44.0. The van der Waals surface area contributed by atoms with Crippen LogP contribution in [0.4, 0.5) is 17.1 Å². The van der Waals surface area contributed by atoms with E-state index in [0.717, 1.165) is 11.8 Å². The van der Waals surface area contributed by atoms with Crippen LogP contribution < -0.4 is 15.1 Å². The van der Waals surface area contributed by atoms with Crippen molar-refractivity contribution in [3.05, 3.63) is 174 Å². The van der Waals surface area contributed by atoms with Crippen molar-refractivity contribution < 1.29 is 0 Å². The predicted molar refractivity (Wildman–Crippen MR) is 317 cm³/mol. The Hall–Kier alpha value is -6.36. The van der Waals surface area contributed by atoms with Crippen molar-refractivity contribution in [2.45, 2.75) is 127 Å². The van der Waals surface area contributed by atoms with Crippen LogP contribution in [0.3, 0.4) is 0 Å². The van der Waals surface area contributed by atoms with E-state index in [1.165, 1.54) is 199 Å². The molecule has 2 aliphatic heterocycles. The first-order valence-electron chi connectivity index (χ1n) is 28.5. The van der Waals surface area contributed by atoms with Gasteiger partial charge in [0.05, 0.1) is 11.4 Å². The molecule has 6 aliphatic rings. The highest BCUT2D eigenvalue weighted by Crippen LogP contribution is 2.57. The Labute approximate surface area is 441 Å². The smallest absolute Gasteiger partial charge is 0.343 e. The summed E-state index contributed by atoms with van der Waals surface area (Å²) in [6.07, 6.45) is 19.1. The van der Waals surface area contributed by atoms with Crippen molar-refractivity contribution in [1.82, 2.24) is 4.48 Å². The summed E-state index contributed by atoms with van der Waals surface area (Å²) in [4.78, 5) is 2.75. The van der Waals surface area contributed by atoms with Gasteiger partial charge < -0.3 is 9.38 Å². The van der Waals surface area contributed by atoms with Crippen molar-refractivity contribution in [2.75, 3.05) is 4.90 Å². The molecule has 0 N–H and O–H groups in total. The second-order valence-electron chi connectivity index (χ2n) is 25.2. The summed E-state index contributed by atoms with van der Waals surface area (Å²) in [5, 5.41) is 6.91. The Morgan fingerprint density at radius 2 is 1.15 bits per heavy atom. The van der Waals surface area contributed by atoms with Crippen LogP contribution in [0.1, 0.15) is 127 Å². The van der Waals surface area contributed by atoms with Gasteiger partial charge in [-0.25, -0.2) is 0 Å². The van der Waals surface area contributed by atoms with E-state index in [2.05, 4.69) is 188 Å². The zero-order chi connectivity index (χ0) is 49.1. The van der Waals surface area contributed by atoms with Gasteiger partial charge in [-0.05, 0) is 182 Å². The molecule has 4 heterocycles. The molecule has 10 aromatic rings. The van der Waals surface area contributed by atoms with E-state index in [0.29, 0.717) is 5.41 Å². The van der Waals surface area contributed by atoms with E-state index >= 15 is 0 Å². The molecule has 8 aromatic carbocycles. The molecule has 0 radical (unpaired) electrons. The van der Waals surface area contributed by atoms with Gasteiger partial charge in [-0.3, -0.25) is 0 Å². The number of hydrogen-bond donors (Lipinski definition) is 0. The Kier molecular flexibility index (Phi) is 9.56. The highest BCUT2D eigenvalue weighted by Gasteiger charge is 2.48. The molecule has 0 amide bonds. The first-order chi connectivity index (χ1) is 36.2. The predicted octanol–water partition coefficient (Wildman–Crippen LogP) is 18.4. The van der Waals surface area contributed by atoms with E-state index in [1.54, 1.807) is 11.1 Å². The molecule has 0 unspecified atom stereocenters. The molecule has 4 saturated carbocycles. The Morgan fingerprint density at radius 1 is 0.514 bits per heavy atom. The second-order valence-corrected chi connectivity index (χ2v) is 26.3. The number of aromatic nitrogens is 1. The average molecular weight is 977 g/mol. The summed E-state index contributed by atoms with van der Waals surface area (Å²) in [7, 11) is 0.